The van der Waals surface area contributed by atoms with Crippen LogP contribution in [0.4, 0.5) is 0 Å². The number of terminal acetylenes is 1. The van der Waals surface area contributed by atoms with Gasteiger partial charge in [0.2, 0.25) is 5.91 Å². The van der Waals surface area contributed by atoms with E-state index in [1.54, 1.807) is 0 Å². The van der Waals surface area contributed by atoms with Gasteiger partial charge in [-0.05, 0) is 11.8 Å². The summed E-state index contributed by atoms with van der Waals surface area (Å²) in [5.74, 6) is 2.41. The van der Waals surface area contributed by atoms with Gasteiger partial charge in [0.15, 0.2) is 0 Å². The van der Waals surface area contributed by atoms with Crippen molar-refractivity contribution in [1.29, 1.82) is 0 Å². The Morgan fingerprint density at radius 1 is 1.71 bits per heavy atom. The molecule has 0 aromatic carbocycles. The Kier molecular flexibility index (Phi) is 3.17. The van der Waals surface area contributed by atoms with Crippen LogP contribution in [0.1, 0.15) is 26.7 Å². The van der Waals surface area contributed by atoms with Crippen molar-refractivity contribution in [2.45, 2.75) is 32.7 Å². The smallest absolute Gasteiger partial charge is 0.240 e. The zero-order chi connectivity index (χ0) is 10.8. The van der Waals surface area contributed by atoms with Crippen molar-refractivity contribution in [2.24, 2.45) is 11.1 Å². The number of nitrogens with zero attached hydrogens (tertiary/aromatic N) is 1. The molecular weight excluding hydrogens is 176 g/mol. The highest BCUT2D eigenvalue weighted by molar-refractivity contribution is 5.82. The Labute approximate surface area is 85.6 Å². The second kappa shape index (κ2) is 4.02. The van der Waals surface area contributed by atoms with Gasteiger partial charge >= 0.3 is 0 Å². The van der Waals surface area contributed by atoms with Gasteiger partial charge in [0, 0.05) is 19.5 Å². The summed E-state index contributed by atoms with van der Waals surface area (Å²) in [6.07, 6.45) is 6.49. The van der Waals surface area contributed by atoms with Crippen molar-refractivity contribution in [3.8, 4) is 12.3 Å². The summed E-state index contributed by atoms with van der Waals surface area (Å²) in [7, 11) is 0. The molecule has 1 saturated heterocycles. The van der Waals surface area contributed by atoms with Gasteiger partial charge in [-0.25, -0.2) is 0 Å². The van der Waals surface area contributed by atoms with Crippen LogP contribution in [0.3, 0.4) is 0 Å². The first-order valence-corrected chi connectivity index (χ1v) is 4.94. The number of likely N-dealkylation sites (tertiary alicyclic amines) is 1. The molecule has 0 aromatic heterocycles. The fourth-order valence-corrected chi connectivity index (χ4v) is 1.75. The van der Waals surface area contributed by atoms with Crippen molar-refractivity contribution in [2.75, 3.05) is 13.1 Å². The lowest BCUT2D eigenvalue weighted by atomic mass is 9.93. The first-order chi connectivity index (χ1) is 6.46. The lowest BCUT2D eigenvalue weighted by molar-refractivity contribution is -0.131. The number of nitrogens with two attached hydrogens (primary N) is 1. The third kappa shape index (κ3) is 2.49. The second-order valence-corrected chi connectivity index (χ2v) is 4.69. The molecule has 14 heavy (non-hydrogen) atoms. The van der Waals surface area contributed by atoms with Gasteiger partial charge in [0.05, 0.1) is 6.04 Å². The zero-order valence-electron chi connectivity index (χ0n) is 8.92. The average Bonchev–Trinajstić information content (AvgIpc) is 2.45. The molecule has 1 aliphatic heterocycles. The molecule has 0 radical (unpaired) electrons. The summed E-state index contributed by atoms with van der Waals surface area (Å²) in [5, 5.41) is 0. The van der Waals surface area contributed by atoms with E-state index in [1.807, 2.05) is 4.90 Å². The highest BCUT2D eigenvalue weighted by atomic mass is 16.2. The van der Waals surface area contributed by atoms with Gasteiger partial charge in [-0.15, -0.1) is 12.3 Å². The molecule has 1 heterocycles. The molecule has 1 amide bonds. The van der Waals surface area contributed by atoms with Gasteiger partial charge in [0.1, 0.15) is 0 Å². The van der Waals surface area contributed by atoms with Crippen LogP contribution < -0.4 is 5.73 Å². The minimum Gasteiger partial charge on any atom is -0.341 e. The molecule has 1 rings (SSSR count). The Morgan fingerprint density at radius 3 is 2.79 bits per heavy atom. The van der Waals surface area contributed by atoms with Crippen molar-refractivity contribution in [1.82, 2.24) is 4.90 Å². The molecule has 1 unspecified atom stereocenters. The molecule has 0 aromatic rings. The van der Waals surface area contributed by atoms with Gasteiger partial charge < -0.3 is 10.6 Å². The summed E-state index contributed by atoms with van der Waals surface area (Å²) in [6, 6.07) is -0.520. The quantitative estimate of drug-likeness (QED) is 0.654. The van der Waals surface area contributed by atoms with Gasteiger partial charge in [-0.2, -0.15) is 0 Å². The van der Waals surface area contributed by atoms with Crippen LogP contribution in [0.5, 0.6) is 0 Å². The highest BCUT2D eigenvalue weighted by Gasteiger charge is 2.33. The van der Waals surface area contributed by atoms with Crippen LogP contribution in [0, 0.1) is 17.8 Å². The summed E-state index contributed by atoms with van der Waals surface area (Å²) in [6.45, 7) is 5.92. The number of amides is 1. The molecular formula is C11H18N2O. The normalized spacial score (nSPS) is 21.7. The topological polar surface area (TPSA) is 46.3 Å². The minimum atomic E-state index is -0.520. The highest BCUT2D eigenvalue weighted by Crippen LogP contribution is 2.28. The van der Waals surface area contributed by atoms with Gasteiger partial charge in [-0.1, -0.05) is 13.8 Å². The number of hydrogen-bond donors (Lipinski definition) is 1. The molecule has 1 fully saturated rings. The molecule has 0 spiro atoms. The lowest BCUT2D eigenvalue weighted by Crippen LogP contribution is -2.42. The summed E-state index contributed by atoms with van der Waals surface area (Å²) >= 11 is 0. The molecule has 0 aliphatic carbocycles. The molecule has 1 aliphatic rings. The molecule has 3 nitrogen and oxygen atoms in total. The first kappa shape index (κ1) is 11.1. The number of carbonyl (C=O) groups is 1. The molecule has 3 heteroatoms. The van der Waals surface area contributed by atoms with E-state index in [-0.39, 0.29) is 11.3 Å². The number of carbonyl (C=O) groups excluding carboxylic acids is 1. The molecule has 0 saturated carbocycles. The fraction of sp³-hybridized carbons (Fsp3) is 0.727. The lowest BCUT2D eigenvalue weighted by Gasteiger charge is -2.22. The Balaban J connectivity index is 2.52. The fourth-order valence-electron chi connectivity index (χ4n) is 1.75. The zero-order valence-corrected chi connectivity index (χ0v) is 8.92. The average molecular weight is 194 g/mol. The van der Waals surface area contributed by atoms with E-state index in [9.17, 15) is 4.79 Å². The van der Waals surface area contributed by atoms with Crippen molar-refractivity contribution >= 4 is 5.91 Å². The van der Waals surface area contributed by atoms with Gasteiger partial charge in [0.25, 0.3) is 0 Å². The largest absolute Gasteiger partial charge is 0.341 e. The molecule has 0 bridgehead atoms. The molecule has 2 N–H and O–H groups in total. The van der Waals surface area contributed by atoms with E-state index in [0.29, 0.717) is 6.42 Å². The number of hydrogen-bond acceptors (Lipinski definition) is 2. The van der Waals surface area contributed by atoms with Crippen LogP contribution >= 0.6 is 0 Å². The van der Waals surface area contributed by atoms with E-state index >= 15 is 0 Å². The summed E-state index contributed by atoms with van der Waals surface area (Å²) in [5.41, 5.74) is 5.89. The first-order valence-electron chi connectivity index (χ1n) is 4.94. The standard InChI is InChI=1S/C11H18N2O/c1-4-5-9(12)10(14)13-7-6-11(2,3)8-13/h1,9H,5-8,12H2,2-3H3. The predicted molar refractivity (Wildman–Crippen MR) is 56.4 cm³/mol. The van der Waals surface area contributed by atoms with Crippen molar-refractivity contribution < 1.29 is 4.79 Å². The Bertz CT molecular complexity index is 265. The van der Waals surface area contributed by atoms with E-state index < -0.39 is 6.04 Å². The maximum absolute atomic E-state index is 11.7. The minimum absolute atomic E-state index is 0.00600. The SMILES string of the molecule is C#CCC(N)C(=O)N1CCC(C)(C)C1. The third-order valence-electron chi connectivity index (χ3n) is 2.64. The van der Waals surface area contributed by atoms with Gasteiger partial charge in [-0.3, -0.25) is 4.79 Å². The predicted octanol–water partition coefficient (Wildman–Crippen LogP) is 0.595. The second-order valence-electron chi connectivity index (χ2n) is 4.69. The van der Waals surface area contributed by atoms with E-state index in [2.05, 4.69) is 19.8 Å². The third-order valence-corrected chi connectivity index (χ3v) is 2.64. The van der Waals surface area contributed by atoms with Crippen LogP contribution in [0.25, 0.3) is 0 Å². The maximum Gasteiger partial charge on any atom is 0.240 e. The van der Waals surface area contributed by atoms with E-state index in [1.165, 1.54) is 0 Å². The van der Waals surface area contributed by atoms with Crippen molar-refractivity contribution in [3.63, 3.8) is 0 Å². The Morgan fingerprint density at radius 2 is 2.36 bits per heavy atom. The monoisotopic (exact) mass is 194 g/mol. The van der Waals surface area contributed by atoms with E-state index in [4.69, 9.17) is 12.2 Å². The number of rotatable bonds is 2. The summed E-state index contributed by atoms with van der Waals surface area (Å²) < 4.78 is 0. The van der Waals surface area contributed by atoms with Crippen LogP contribution in [-0.4, -0.2) is 29.9 Å². The summed E-state index contributed by atoms with van der Waals surface area (Å²) in [4.78, 5) is 13.5. The maximum atomic E-state index is 11.7. The van der Waals surface area contributed by atoms with Crippen molar-refractivity contribution in [3.05, 3.63) is 0 Å². The Hall–Kier alpha value is -1.01. The molecule has 78 valence electrons. The van der Waals surface area contributed by atoms with Crippen LogP contribution in [0.2, 0.25) is 0 Å². The van der Waals surface area contributed by atoms with E-state index in [0.717, 1.165) is 19.5 Å². The molecule has 1 atom stereocenters. The van der Waals surface area contributed by atoms with Crippen LogP contribution in [-0.2, 0) is 4.79 Å². The van der Waals surface area contributed by atoms with Crippen LogP contribution in [0.15, 0.2) is 0 Å².